The molecule has 10 heteroatoms. The molecule has 0 bridgehead atoms. The van der Waals surface area contributed by atoms with E-state index >= 15 is 0 Å². The minimum absolute atomic E-state index is 0.0428. The van der Waals surface area contributed by atoms with E-state index in [1.165, 1.54) is 11.8 Å². The molecule has 0 spiro atoms. The molecular weight excluding hydrogens is 488 g/mol. The highest BCUT2D eigenvalue weighted by atomic mass is 32.2. The van der Waals surface area contributed by atoms with Gasteiger partial charge < -0.3 is 24.8 Å². The maximum absolute atomic E-state index is 13.0. The number of benzene rings is 2. The molecule has 0 aliphatic rings. The quantitative estimate of drug-likeness (QED) is 0.269. The lowest BCUT2D eigenvalue weighted by Crippen LogP contribution is -2.33. The topological polar surface area (TPSA) is 101 Å². The van der Waals surface area contributed by atoms with Crippen molar-refractivity contribution >= 4 is 35.0 Å². The fraction of sp³-hybridized carbons (Fsp3) is 0.333. The van der Waals surface area contributed by atoms with Crippen LogP contribution in [0.2, 0.25) is 0 Å². The van der Waals surface area contributed by atoms with Gasteiger partial charge in [-0.15, -0.1) is 16.8 Å². The number of allylic oxidation sites excluding steroid dienone is 1. The van der Waals surface area contributed by atoms with E-state index in [9.17, 15) is 9.59 Å². The molecule has 0 radical (unpaired) electrons. The number of anilines is 2. The van der Waals surface area contributed by atoms with E-state index in [0.29, 0.717) is 28.8 Å². The van der Waals surface area contributed by atoms with E-state index < -0.39 is 0 Å². The molecule has 2 amide bonds. The van der Waals surface area contributed by atoms with Crippen LogP contribution < -0.4 is 20.3 Å². The van der Waals surface area contributed by atoms with Gasteiger partial charge in [0.1, 0.15) is 5.75 Å². The lowest BCUT2D eigenvalue weighted by atomic mass is 10.0. The van der Waals surface area contributed by atoms with E-state index in [0.717, 1.165) is 11.4 Å². The molecule has 37 heavy (non-hydrogen) atoms. The third-order valence-corrected chi connectivity index (χ3v) is 6.61. The molecule has 3 rings (SSSR count). The number of thioether (sulfide) groups is 1. The molecule has 196 valence electrons. The van der Waals surface area contributed by atoms with Crippen LogP contribution in [0, 0.1) is 5.92 Å². The Bertz CT molecular complexity index is 1210. The van der Waals surface area contributed by atoms with Gasteiger partial charge in [-0.2, -0.15) is 0 Å². The van der Waals surface area contributed by atoms with Crippen molar-refractivity contribution < 1.29 is 14.3 Å². The van der Waals surface area contributed by atoms with Crippen LogP contribution in [0.15, 0.2) is 66.3 Å². The number of aromatic nitrogens is 3. The number of nitrogens with one attached hydrogen (secondary N) is 2. The van der Waals surface area contributed by atoms with Gasteiger partial charge in [-0.3, -0.25) is 9.59 Å². The van der Waals surface area contributed by atoms with Crippen LogP contribution in [0.25, 0.3) is 0 Å². The average Bonchev–Trinajstić information content (AvgIpc) is 3.28. The Morgan fingerprint density at radius 2 is 1.78 bits per heavy atom. The molecular formula is C27H34N6O3S. The van der Waals surface area contributed by atoms with E-state index in [2.05, 4.69) is 27.4 Å². The Labute approximate surface area is 222 Å². The highest BCUT2D eigenvalue weighted by molar-refractivity contribution is 7.99. The summed E-state index contributed by atoms with van der Waals surface area (Å²) in [6.07, 6.45) is 1.74. The van der Waals surface area contributed by atoms with Gasteiger partial charge in [-0.05, 0) is 54.4 Å². The zero-order valence-corrected chi connectivity index (χ0v) is 22.7. The van der Waals surface area contributed by atoms with E-state index in [1.54, 1.807) is 37.5 Å². The summed E-state index contributed by atoms with van der Waals surface area (Å²) in [6, 6.07) is 14.2. The molecule has 0 unspecified atom stereocenters. The molecule has 0 saturated carbocycles. The maximum Gasteiger partial charge on any atom is 0.251 e. The summed E-state index contributed by atoms with van der Waals surface area (Å²) in [4.78, 5) is 27.5. The highest BCUT2D eigenvalue weighted by Gasteiger charge is 2.26. The van der Waals surface area contributed by atoms with Crippen LogP contribution in [0.1, 0.15) is 36.1 Å². The predicted octanol–water partition coefficient (Wildman–Crippen LogP) is 4.40. The summed E-state index contributed by atoms with van der Waals surface area (Å²) in [5.41, 5.74) is 2.30. The van der Waals surface area contributed by atoms with Crippen molar-refractivity contribution in [3.63, 3.8) is 0 Å². The summed E-state index contributed by atoms with van der Waals surface area (Å²) < 4.78 is 7.06. The fourth-order valence-corrected chi connectivity index (χ4v) is 4.36. The normalized spacial score (nSPS) is 11.6. The van der Waals surface area contributed by atoms with Gasteiger partial charge in [-0.25, -0.2) is 0 Å². The van der Waals surface area contributed by atoms with Gasteiger partial charge in [0.2, 0.25) is 5.91 Å². The standard InChI is InChI=1S/C27H34N6O3S/c1-7-16-33-25(24(18(2)3)29-26(35)19-8-14-22(36-6)15-9-19)30-31-27(33)37-17-23(34)28-20-10-12-21(13-11-20)32(4)5/h7-15,18,24H,1,16-17H2,2-6H3,(H,28,34)(H,29,35)/t24-/m1/s1. The van der Waals surface area contributed by atoms with Gasteiger partial charge in [0.05, 0.1) is 18.9 Å². The Hall–Kier alpha value is -3.79. The van der Waals surface area contributed by atoms with Gasteiger partial charge in [0.25, 0.3) is 5.91 Å². The van der Waals surface area contributed by atoms with Crippen molar-refractivity contribution in [2.75, 3.05) is 37.2 Å². The number of ether oxygens (including phenoxy) is 1. The minimum atomic E-state index is -0.388. The number of hydrogen-bond donors (Lipinski definition) is 2. The van der Waals surface area contributed by atoms with Crippen LogP contribution in [0.5, 0.6) is 5.75 Å². The predicted molar refractivity (Wildman–Crippen MR) is 148 cm³/mol. The van der Waals surface area contributed by atoms with Gasteiger partial charge in [-0.1, -0.05) is 31.7 Å². The summed E-state index contributed by atoms with van der Waals surface area (Å²) in [5.74, 6) is 1.13. The van der Waals surface area contributed by atoms with Gasteiger partial charge >= 0.3 is 0 Å². The number of nitrogens with zero attached hydrogens (tertiary/aromatic N) is 4. The summed E-state index contributed by atoms with van der Waals surface area (Å²) >= 11 is 1.29. The van der Waals surface area contributed by atoms with Crippen molar-refractivity contribution in [1.29, 1.82) is 0 Å². The zero-order chi connectivity index (χ0) is 26.9. The van der Waals surface area contributed by atoms with Crippen molar-refractivity contribution in [3.05, 3.63) is 72.6 Å². The Kier molecular flexibility index (Phi) is 9.73. The lowest BCUT2D eigenvalue weighted by Gasteiger charge is -2.22. The van der Waals surface area contributed by atoms with E-state index in [1.807, 2.05) is 61.7 Å². The first-order chi connectivity index (χ1) is 17.7. The molecule has 3 aromatic rings. The van der Waals surface area contributed by atoms with Gasteiger partial charge in [0.15, 0.2) is 11.0 Å². The van der Waals surface area contributed by atoms with Crippen LogP contribution in [0.4, 0.5) is 11.4 Å². The SMILES string of the molecule is C=CCn1c(SCC(=O)Nc2ccc(N(C)C)cc2)nnc1[C@H](NC(=O)c1ccc(OC)cc1)C(C)C. The van der Waals surface area contributed by atoms with Crippen molar-refractivity contribution in [3.8, 4) is 5.75 Å². The lowest BCUT2D eigenvalue weighted by molar-refractivity contribution is -0.113. The molecule has 0 saturated heterocycles. The van der Waals surface area contributed by atoms with Crippen molar-refractivity contribution in [1.82, 2.24) is 20.1 Å². The largest absolute Gasteiger partial charge is 0.497 e. The van der Waals surface area contributed by atoms with Crippen molar-refractivity contribution in [2.24, 2.45) is 5.92 Å². The molecule has 0 aliphatic heterocycles. The number of methoxy groups -OCH3 is 1. The first-order valence-electron chi connectivity index (χ1n) is 11.9. The molecule has 1 heterocycles. The van der Waals surface area contributed by atoms with E-state index in [4.69, 9.17) is 4.74 Å². The van der Waals surface area contributed by atoms with E-state index in [-0.39, 0.29) is 29.5 Å². The zero-order valence-electron chi connectivity index (χ0n) is 21.9. The second kappa shape index (κ2) is 13.0. The summed E-state index contributed by atoms with van der Waals surface area (Å²) in [5, 5.41) is 15.3. The Morgan fingerprint density at radius 3 is 2.35 bits per heavy atom. The van der Waals surface area contributed by atoms with Crippen LogP contribution in [-0.2, 0) is 11.3 Å². The Balaban J connectivity index is 1.71. The number of carbonyl (C=O) groups is 2. The summed E-state index contributed by atoms with van der Waals surface area (Å²) in [7, 11) is 5.51. The fourth-order valence-electron chi connectivity index (χ4n) is 3.60. The molecule has 0 aliphatic carbocycles. The molecule has 2 aromatic carbocycles. The van der Waals surface area contributed by atoms with Crippen LogP contribution in [0.3, 0.4) is 0 Å². The number of carbonyl (C=O) groups excluding carboxylic acids is 2. The van der Waals surface area contributed by atoms with Gasteiger partial charge in [0, 0.05) is 37.6 Å². The molecule has 9 nitrogen and oxygen atoms in total. The first-order valence-corrected chi connectivity index (χ1v) is 12.9. The molecule has 2 N–H and O–H groups in total. The first kappa shape index (κ1) is 27.8. The third-order valence-electron chi connectivity index (χ3n) is 5.64. The molecule has 0 fully saturated rings. The second-order valence-corrected chi connectivity index (χ2v) is 9.88. The number of hydrogen-bond acceptors (Lipinski definition) is 7. The monoisotopic (exact) mass is 522 g/mol. The maximum atomic E-state index is 13.0. The smallest absolute Gasteiger partial charge is 0.251 e. The third kappa shape index (κ3) is 7.36. The Morgan fingerprint density at radius 1 is 1.11 bits per heavy atom. The van der Waals surface area contributed by atoms with Crippen LogP contribution in [-0.4, -0.2) is 53.5 Å². The average molecular weight is 523 g/mol. The minimum Gasteiger partial charge on any atom is -0.497 e. The summed E-state index contributed by atoms with van der Waals surface area (Å²) in [6.45, 7) is 8.31. The second-order valence-electron chi connectivity index (χ2n) is 8.94. The van der Waals surface area contributed by atoms with Crippen molar-refractivity contribution in [2.45, 2.75) is 31.6 Å². The number of amides is 2. The molecule has 1 atom stereocenters. The molecule has 1 aromatic heterocycles. The number of rotatable bonds is 12. The van der Waals surface area contributed by atoms with Crippen LogP contribution >= 0.6 is 11.8 Å². The highest BCUT2D eigenvalue weighted by Crippen LogP contribution is 2.26.